The topological polar surface area (TPSA) is 47.8 Å². The zero-order valence-corrected chi connectivity index (χ0v) is 12.3. The van der Waals surface area contributed by atoms with E-state index < -0.39 is 5.82 Å². The molecule has 0 atom stereocenters. The van der Waals surface area contributed by atoms with E-state index >= 15 is 0 Å². The average molecular weight is 346 g/mol. The lowest BCUT2D eigenvalue weighted by Gasteiger charge is -2.02. The number of benzene rings is 1. The maximum absolute atomic E-state index is 13.8. The normalized spacial score (nSPS) is 10.6. The molecule has 2 heterocycles. The molecule has 0 radical (unpaired) electrons. The van der Waals surface area contributed by atoms with Gasteiger partial charge in [-0.05, 0) is 40.2 Å². The Labute approximate surface area is 128 Å². The van der Waals surface area contributed by atoms with E-state index in [1.165, 1.54) is 16.9 Å². The summed E-state index contributed by atoms with van der Waals surface area (Å²) >= 11 is 3.30. The number of para-hydroxylation sites is 1. The molecule has 0 saturated heterocycles. The zero-order valence-electron chi connectivity index (χ0n) is 10.7. The third kappa shape index (κ3) is 2.62. The van der Waals surface area contributed by atoms with Crippen LogP contribution in [0, 0.1) is 5.82 Å². The van der Waals surface area contributed by atoms with Gasteiger partial charge in [0.1, 0.15) is 17.2 Å². The van der Waals surface area contributed by atoms with Crippen LogP contribution in [0.2, 0.25) is 0 Å². The van der Waals surface area contributed by atoms with Crippen molar-refractivity contribution in [3.05, 3.63) is 64.6 Å². The summed E-state index contributed by atoms with van der Waals surface area (Å²) in [6, 6.07) is 9.79. The number of carbonyl (C=O) groups excluding carboxylic acids is 1. The second-order valence-electron chi connectivity index (χ2n) is 4.31. The van der Waals surface area contributed by atoms with E-state index in [-0.39, 0.29) is 5.69 Å². The van der Waals surface area contributed by atoms with Crippen LogP contribution in [0.4, 0.5) is 4.39 Å². The molecule has 1 aromatic carbocycles. The molecule has 0 aliphatic carbocycles. The van der Waals surface area contributed by atoms with E-state index in [9.17, 15) is 9.18 Å². The lowest BCUT2D eigenvalue weighted by atomic mass is 10.2. The number of pyridine rings is 1. The maximum Gasteiger partial charge on any atom is 0.153 e. The predicted octanol–water partition coefficient (Wildman–Crippen LogP) is 3.65. The third-order valence-corrected chi connectivity index (χ3v) is 3.41. The minimum Gasteiger partial charge on any atom is -0.298 e. The van der Waals surface area contributed by atoms with Crippen molar-refractivity contribution in [2.45, 2.75) is 0 Å². The van der Waals surface area contributed by atoms with Crippen molar-refractivity contribution in [3.63, 3.8) is 0 Å². The molecule has 0 aliphatic rings. The summed E-state index contributed by atoms with van der Waals surface area (Å²) in [4.78, 5) is 15.4. The highest BCUT2D eigenvalue weighted by Gasteiger charge is 2.14. The summed E-state index contributed by atoms with van der Waals surface area (Å²) in [5.41, 5.74) is 1.60. The van der Waals surface area contributed by atoms with Gasteiger partial charge < -0.3 is 0 Å². The molecule has 6 heteroatoms. The summed E-state index contributed by atoms with van der Waals surface area (Å²) in [6.07, 6.45) is 3.79. The molecule has 3 rings (SSSR count). The highest BCUT2D eigenvalue weighted by atomic mass is 79.9. The monoisotopic (exact) mass is 345 g/mol. The molecule has 0 N–H and O–H groups in total. The number of halogens is 2. The number of aldehydes is 1. The molecule has 3 aromatic rings. The summed E-state index contributed by atoms with van der Waals surface area (Å²) in [7, 11) is 0. The Balaban J connectivity index is 2.13. The molecular formula is C15H9BrFN3O. The van der Waals surface area contributed by atoms with Gasteiger partial charge in [0.25, 0.3) is 0 Å². The molecule has 0 amide bonds. The van der Waals surface area contributed by atoms with Crippen LogP contribution in [0.25, 0.3) is 17.1 Å². The van der Waals surface area contributed by atoms with Crippen LogP contribution in [-0.4, -0.2) is 21.1 Å². The molecule has 0 fully saturated rings. The van der Waals surface area contributed by atoms with Gasteiger partial charge in [-0.15, -0.1) is 0 Å². The third-order valence-electron chi connectivity index (χ3n) is 2.94. The lowest BCUT2D eigenvalue weighted by molar-refractivity contribution is 0.112. The summed E-state index contributed by atoms with van der Waals surface area (Å²) in [5, 5.41) is 4.28. The lowest BCUT2D eigenvalue weighted by Crippen LogP contribution is -1.98. The molecule has 2 aromatic heterocycles. The molecule has 104 valence electrons. The van der Waals surface area contributed by atoms with E-state index in [1.807, 2.05) is 0 Å². The van der Waals surface area contributed by atoms with Crippen LogP contribution in [0.1, 0.15) is 10.4 Å². The van der Waals surface area contributed by atoms with E-state index in [0.29, 0.717) is 23.2 Å². The van der Waals surface area contributed by atoms with Gasteiger partial charge >= 0.3 is 0 Å². The smallest absolute Gasteiger partial charge is 0.153 e. The van der Waals surface area contributed by atoms with Crippen molar-refractivity contribution >= 4 is 22.2 Å². The number of carbonyl (C=O) groups is 1. The van der Waals surface area contributed by atoms with E-state index in [0.717, 1.165) is 4.47 Å². The standard InChI is InChI=1S/C15H9BrFN3O/c16-11-5-6-13(18-7-11)15-10(9-21)8-20(19-15)14-4-2-1-3-12(14)17/h1-9H. The maximum atomic E-state index is 13.8. The second kappa shape index (κ2) is 5.57. The van der Waals surface area contributed by atoms with Crippen molar-refractivity contribution in [1.82, 2.24) is 14.8 Å². The molecule has 4 nitrogen and oxygen atoms in total. The second-order valence-corrected chi connectivity index (χ2v) is 5.22. The first-order valence-electron chi connectivity index (χ1n) is 6.10. The van der Waals surface area contributed by atoms with E-state index in [2.05, 4.69) is 26.0 Å². The fraction of sp³-hybridized carbons (Fsp3) is 0. The number of aromatic nitrogens is 3. The van der Waals surface area contributed by atoms with Gasteiger partial charge in [0.15, 0.2) is 6.29 Å². The van der Waals surface area contributed by atoms with Gasteiger partial charge in [0, 0.05) is 16.9 Å². The summed E-state index contributed by atoms with van der Waals surface area (Å²) < 4.78 is 16.0. The SMILES string of the molecule is O=Cc1cn(-c2ccccc2F)nc1-c1ccc(Br)cn1. The van der Waals surface area contributed by atoms with Crippen LogP contribution in [-0.2, 0) is 0 Å². The van der Waals surface area contributed by atoms with Crippen LogP contribution in [0.15, 0.2) is 53.3 Å². The van der Waals surface area contributed by atoms with Gasteiger partial charge in [-0.25, -0.2) is 9.07 Å². The van der Waals surface area contributed by atoms with Crippen molar-refractivity contribution < 1.29 is 9.18 Å². The number of hydrogen-bond donors (Lipinski definition) is 0. The quantitative estimate of drug-likeness (QED) is 0.680. The van der Waals surface area contributed by atoms with Gasteiger partial charge in [-0.3, -0.25) is 9.78 Å². The molecule has 0 aliphatic heterocycles. The minimum atomic E-state index is -0.409. The Bertz CT molecular complexity index is 799. The molecule has 0 saturated carbocycles. The van der Waals surface area contributed by atoms with Crippen LogP contribution < -0.4 is 0 Å². The predicted molar refractivity (Wildman–Crippen MR) is 79.8 cm³/mol. The summed E-state index contributed by atoms with van der Waals surface area (Å²) in [6.45, 7) is 0. The van der Waals surface area contributed by atoms with Gasteiger partial charge in [0.2, 0.25) is 0 Å². The number of rotatable bonds is 3. The summed E-state index contributed by atoms with van der Waals surface area (Å²) in [5.74, 6) is -0.409. The van der Waals surface area contributed by atoms with Crippen molar-refractivity contribution in [2.24, 2.45) is 0 Å². The number of hydrogen-bond acceptors (Lipinski definition) is 3. The van der Waals surface area contributed by atoms with Crippen molar-refractivity contribution in [3.8, 4) is 17.1 Å². The fourth-order valence-electron chi connectivity index (χ4n) is 1.95. The van der Waals surface area contributed by atoms with E-state index in [4.69, 9.17) is 0 Å². The first-order valence-corrected chi connectivity index (χ1v) is 6.90. The minimum absolute atomic E-state index is 0.281. The van der Waals surface area contributed by atoms with Crippen molar-refractivity contribution in [1.29, 1.82) is 0 Å². The van der Waals surface area contributed by atoms with E-state index in [1.54, 1.807) is 36.5 Å². The van der Waals surface area contributed by atoms with Crippen molar-refractivity contribution in [2.75, 3.05) is 0 Å². The molecular weight excluding hydrogens is 337 g/mol. The highest BCUT2D eigenvalue weighted by molar-refractivity contribution is 9.10. The Morgan fingerprint density at radius 2 is 2.00 bits per heavy atom. The van der Waals surface area contributed by atoms with Crippen LogP contribution in [0.3, 0.4) is 0 Å². The van der Waals surface area contributed by atoms with Gasteiger partial charge in [-0.1, -0.05) is 12.1 Å². The van der Waals surface area contributed by atoms with Gasteiger partial charge in [0.05, 0.1) is 11.3 Å². The van der Waals surface area contributed by atoms with Crippen LogP contribution >= 0.6 is 15.9 Å². The largest absolute Gasteiger partial charge is 0.298 e. The Morgan fingerprint density at radius 1 is 1.19 bits per heavy atom. The number of nitrogens with zero attached hydrogens (tertiary/aromatic N) is 3. The Kier molecular flexibility index (Phi) is 3.62. The first-order chi connectivity index (χ1) is 10.2. The molecule has 0 spiro atoms. The average Bonchev–Trinajstić information content (AvgIpc) is 2.92. The molecule has 0 unspecified atom stereocenters. The Hall–Kier alpha value is -2.34. The fourth-order valence-corrected chi connectivity index (χ4v) is 2.18. The van der Waals surface area contributed by atoms with Gasteiger partial charge in [-0.2, -0.15) is 5.10 Å². The van der Waals surface area contributed by atoms with Crippen LogP contribution in [0.5, 0.6) is 0 Å². The Morgan fingerprint density at radius 3 is 2.67 bits per heavy atom. The highest BCUT2D eigenvalue weighted by Crippen LogP contribution is 2.22. The molecule has 21 heavy (non-hydrogen) atoms. The molecule has 0 bridgehead atoms. The first kappa shape index (κ1) is 13.6. The zero-order chi connectivity index (χ0) is 14.8.